The number of piperidine rings is 1. The van der Waals surface area contributed by atoms with E-state index in [4.69, 9.17) is 4.98 Å². The SMILES string of the molecule is CCc1nc(CC2CCCCC2)sc1C1CCN(C[C@H]2CN([C@H](CC3CC3)C(=O)O)C[C@@H]2c2cccc(C)c2)CC1. The van der Waals surface area contributed by atoms with Gasteiger partial charge in [-0.15, -0.1) is 11.3 Å². The number of carboxylic acids is 1. The molecule has 224 valence electrons. The van der Waals surface area contributed by atoms with Crippen LogP contribution in [0.5, 0.6) is 0 Å². The minimum absolute atomic E-state index is 0.327. The van der Waals surface area contributed by atoms with E-state index in [1.807, 2.05) is 11.3 Å². The maximum Gasteiger partial charge on any atom is 0.320 e. The Morgan fingerprint density at radius 3 is 2.51 bits per heavy atom. The lowest BCUT2D eigenvalue weighted by molar-refractivity contribution is -0.143. The lowest BCUT2D eigenvalue weighted by Gasteiger charge is -2.34. The van der Waals surface area contributed by atoms with Gasteiger partial charge in [-0.3, -0.25) is 9.69 Å². The number of likely N-dealkylation sites (tertiary alicyclic amines) is 2. The topological polar surface area (TPSA) is 56.7 Å². The third-order valence-electron chi connectivity index (χ3n) is 10.7. The first-order valence-electron chi connectivity index (χ1n) is 16.7. The molecule has 2 saturated carbocycles. The Morgan fingerprint density at radius 1 is 1.05 bits per heavy atom. The van der Waals surface area contributed by atoms with E-state index in [9.17, 15) is 9.90 Å². The molecule has 41 heavy (non-hydrogen) atoms. The molecule has 1 aromatic heterocycles. The van der Waals surface area contributed by atoms with Crippen molar-refractivity contribution in [2.75, 3.05) is 32.7 Å². The van der Waals surface area contributed by atoms with Gasteiger partial charge < -0.3 is 10.0 Å². The van der Waals surface area contributed by atoms with E-state index >= 15 is 0 Å². The molecule has 2 saturated heterocycles. The third-order valence-corrected chi connectivity index (χ3v) is 11.9. The van der Waals surface area contributed by atoms with Gasteiger partial charge in [-0.25, -0.2) is 4.98 Å². The molecule has 6 heteroatoms. The molecular formula is C35H51N3O2S. The highest BCUT2D eigenvalue weighted by atomic mass is 32.1. The molecule has 6 rings (SSSR count). The van der Waals surface area contributed by atoms with Gasteiger partial charge in [0.15, 0.2) is 0 Å². The maximum atomic E-state index is 12.3. The first kappa shape index (κ1) is 29.3. The Hall–Kier alpha value is -1.76. The summed E-state index contributed by atoms with van der Waals surface area (Å²) in [6.07, 6.45) is 15.0. The standard InChI is InChI=1S/C35H51N3O2S/c1-3-31-34(41-33(36-31)20-25-9-5-4-6-10-25)27-14-16-37(17-15-27)21-29-22-38(32(35(39)40)19-26-12-13-26)23-30(29)28-11-7-8-24(2)18-28/h7-8,11,18,25-27,29-30,32H,3-6,9-10,12-17,19-23H2,1-2H3,(H,39,40)/t29-,30+,32+/m0/s1. The Bertz CT molecular complexity index is 1160. The van der Waals surface area contributed by atoms with Gasteiger partial charge in [0.25, 0.3) is 0 Å². The molecule has 5 nitrogen and oxygen atoms in total. The molecule has 3 atom stereocenters. The van der Waals surface area contributed by atoms with Crippen LogP contribution in [0.4, 0.5) is 0 Å². The molecule has 0 radical (unpaired) electrons. The number of hydrogen-bond acceptors (Lipinski definition) is 5. The number of carbonyl (C=O) groups is 1. The summed E-state index contributed by atoms with van der Waals surface area (Å²) in [5.41, 5.74) is 4.07. The lowest BCUT2D eigenvalue weighted by Crippen LogP contribution is -2.41. The van der Waals surface area contributed by atoms with Gasteiger partial charge in [0.05, 0.1) is 10.7 Å². The summed E-state index contributed by atoms with van der Waals surface area (Å²) < 4.78 is 0. The predicted octanol–water partition coefficient (Wildman–Crippen LogP) is 7.29. The van der Waals surface area contributed by atoms with Crippen LogP contribution in [-0.2, 0) is 17.6 Å². The van der Waals surface area contributed by atoms with Gasteiger partial charge in [0.1, 0.15) is 6.04 Å². The summed E-state index contributed by atoms with van der Waals surface area (Å²) in [6.45, 7) is 9.60. The first-order chi connectivity index (χ1) is 20.0. The van der Waals surface area contributed by atoms with Crippen molar-refractivity contribution in [2.45, 2.75) is 109 Å². The minimum Gasteiger partial charge on any atom is -0.480 e. The summed E-state index contributed by atoms with van der Waals surface area (Å²) in [6, 6.07) is 8.64. The van der Waals surface area contributed by atoms with E-state index in [2.05, 4.69) is 47.9 Å². The van der Waals surface area contributed by atoms with E-state index in [-0.39, 0.29) is 6.04 Å². The average Bonchev–Trinajstić information content (AvgIpc) is 3.57. The van der Waals surface area contributed by atoms with Crippen molar-refractivity contribution in [1.82, 2.24) is 14.8 Å². The second kappa shape index (κ2) is 13.3. The van der Waals surface area contributed by atoms with Crippen LogP contribution in [-0.4, -0.2) is 64.6 Å². The normalized spacial score (nSPS) is 26.0. The number of benzene rings is 1. The smallest absolute Gasteiger partial charge is 0.320 e. The number of aliphatic carboxylic acids is 1. The zero-order chi connectivity index (χ0) is 28.3. The third kappa shape index (κ3) is 7.25. The van der Waals surface area contributed by atoms with Crippen molar-refractivity contribution in [2.24, 2.45) is 17.8 Å². The summed E-state index contributed by atoms with van der Waals surface area (Å²) in [5.74, 6) is 2.39. The highest BCUT2D eigenvalue weighted by molar-refractivity contribution is 7.11. The molecule has 0 unspecified atom stereocenters. The van der Waals surface area contributed by atoms with Crippen molar-refractivity contribution in [3.8, 4) is 0 Å². The summed E-state index contributed by atoms with van der Waals surface area (Å²) in [5, 5.41) is 11.5. The molecule has 1 aromatic carbocycles. The van der Waals surface area contributed by atoms with Crippen LogP contribution in [0.2, 0.25) is 0 Å². The largest absolute Gasteiger partial charge is 0.480 e. The lowest BCUT2D eigenvalue weighted by atomic mass is 9.86. The number of nitrogens with zero attached hydrogens (tertiary/aromatic N) is 3. The Labute approximate surface area is 251 Å². The van der Waals surface area contributed by atoms with Crippen LogP contribution < -0.4 is 0 Å². The summed E-state index contributed by atoms with van der Waals surface area (Å²) >= 11 is 2.04. The van der Waals surface area contributed by atoms with Crippen molar-refractivity contribution in [1.29, 1.82) is 0 Å². The zero-order valence-corrected chi connectivity index (χ0v) is 26.2. The second-order valence-electron chi connectivity index (χ2n) is 13.8. The highest BCUT2D eigenvalue weighted by Gasteiger charge is 2.42. The average molecular weight is 578 g/mol. The Morgan fingerprint density at radius 2 is 1.83 bits per heavy atom. The van der Waals surface area contributed by atoms with Gasteiger partial charge in [0, 0.05) is 36.9 Å². The van der Waals surface area contributed by atoms with Crippen LogP contribution in [0.3, 0.4) is 0 Å². The van der Waals surface area contributed by atoms with Gasteiger partial charge in [-0.1, -0.05) is 81.7 Å². The van der Waals surface area contributed by atoms with Crippen LogP contribution in [0, 0.1) is 24.7 Å². The van der Waals surface area contributed by atoms with Crippen LogP contribution in [0.15, 0.2) is 24.3 Å². The highest BCUT2D eigenvalue weighted by Crippen LogP contribution is 2.41. The molecule has 4 aliphatic rings. The van der Waals surface area contributed by atoms with Crippen molar-refractivity contribution in [3.05, 3.63) is 51.0 Å². The maximum absolute atomic E-state index is 12.3. The number of rotatable bonds is 11. The van der Waals surface area contributed by atoms with E-state index in [1.54, 1.807) is 4.88 Å². The molecule has 2 aliphatic carbocycles. The number of thiazole rings is 1. The van der Waals surface area contributed by atoms with Crippen LogP contribution >= 0.6 is 11.3 Å². The molecule has 0 spiro atoms. The fraction of sp³-hybridized carbons (Fsp3) is 0.714. The number of carboxylic acid groups (broad SMARTS) is 1. The summed E-state index contributed by atoms with van der Waals surface area (Å²) in [4.78, 5) is 24.1. The van der Waals surface area contributed by atoms with Crippen molar-refractivity contribution >= 4 is 17.3 Å². The molecular weight excluding hydrogens is 526 g/mol. The molecule has 0 bridgehead atoms. The monoisotopic (exact) mass is 577 g/mol. The fourth-order valence-electron chi connectivity index (χ4n) is 8.12. The van der Waals surface area contributed by atoms with E-state index in [1.165, 1.54) is 86.0 Å². The van der Waals surface area contributed by atoms with E-state index in [0.717, 1.165) is 51.5 Å². The number of hydrogen-bond donors (Lipinski definition) is 1. The Kier molecular flexibility index (Phi) is 9.48. The van der Waals surface area contributed by atoms with Crippen molar-refractivity contribution < 1.29 is 9.90 Å². The Balaban J connectivity index is 1.10. The van der Waals surface area contributed by atoms with E-state index in [0.29, 0.717) is 23.7 Å². The molecule has 1 N–H and O–H groups in total. The predicted molar refractivity (Wildman–Crippen MR) is 168 cm³/mol. The number of aryl methyl sites for hydroxylation is 2. The quantitative estimate of drug-likeness (QED) is 0.304. The zero-order valence-electron chi connectivity index (χ0n) is 25.4. The molecule has 4 fully saturated rings. The van der Waals surface area contributed by atoms with Crippen LogP contribution in [0.25, 0.3) is 0 Å². The van der Waals surface area contributed by atoms with Gasteiger partial charge in [0.2, 0.25) is 0 Å². The van der Waals surface area contributed by atoms with Gasteiger partial charge in [-0.05, 0) is 74.9 Å². The molecule has 2 aromatic rings. The molecule has 3 heterocycles. The van der Waals surface area contributed by atoms with Crippen LogP contribution in [0.1, 0.15) is 110 Å². The summed E-state index contributed by atoms with van der Waals surface area (Å²) in [7, 11) is 0. The molecule has 0 amide bonds. The van der Waals surface area contributed by atoms with Gasteiger partial charge in [-0.2, -0.15) is 0 Å². The number of aromatic nitrogens is 1. The molecule has 2 aliphatic heterocycles. The second-order valence-corrected chi connectivity index (χ2v) is 14.9. The fourth-order valence-corrected chi connectivity index (χ4v) is 9.56. The van der Waals surface area contributed by atoms with Gasteiger partial charge >= 0.3 is 5.97 Å². The first-order valence-corrected chi connectivity index (χ1v) is 17.5. The minimum atomic E-state index is -0.625. The van der Waals surface area contributed by atoms with E-state index < -0.39 is 5.97 Å². The van der Waals surface area contributed by atoms with Crippen molar-refractivity contribution in [3.63, 3.8) is 0 Å².